The lowest BCUT2D eigenvalue weighted by molar-refractivity contribution is -0.173. The molecule has 0 saturated heterocycles. The highest BCUT2D eigenvalue weighted by Crippen LogP contribution is 2.57. The highest BCUT2D eigenvalue weighted by Gasteiger charge is 2.58. The first-order chi connectivity index (χ1) is 8.74. The van der Waals surface area contributed by atoms with Crippen LogP contribution in [0.3, 0.4) is 0 Å². The number of rotatable bonds is 5. The normalized spacial score (nSPS) is 29.0. The zero-order valence-corrected chi connectivity index (χ0v) is 11.2. The molecule has 18 heavy (non-hydrogen) atoms. The maximum Gasteiger partial charge on any atom is 0.133 e. The van der Waals surface area contributed by atoms with Gasteiger partial charge in [-0.15, -0.1) is 0 Å². The SMILES string of the molecule is CCOC1CC(NCc2cc(C)on2)C12CCC2. The predicted octanol–water partition coefficient (Wildman–Crippen LogP) is 2.42. The van der Waals surface area contributed by atoms with Gasteiger partial charge in [0, 0.05) is 30.7 Å². The van der Waals surface area contributed by atoms with Crippen LogP contribution in [0.5, 0.6) is 0 Å². The number of aromatic nitrogens is 1. The monoisotopic (exact) mass is 250 g/mol. The third-order valence-corrected chi connectivity index (χ3v) is 4.64. The van der Waals surface area contributed by atoms with Crippen LogP contribution in [0.15, 0.2) is 10.6 Å². The summed E-state index contributed by atoms with van der Waals surface area (Å²) < 4.78 is 10.9. The minimum Gasteiger partial charge on any atom is -0.378 e. The highest BCUT2D eigenvalue weighted by atomic mass is 16.5. The summed E-state index contributed by atoms with van der Waals surface area (Å²) >= 11 is 0. The largest absolute Gasteiger partial charge is 0.378 e. The second-order valence-corrected chi connectivity index (χ2v) is 5.63. The zero-order chi connectivity index (χ0) is 12.6. The van der Waals surface area contributed by atoms with Gasteiger partial charge in [0.05, 0.1) is 11.8 Å². The minimum absolute atomic E-state index is 0.425. The second-order valence-electron chi connectivity index (χ2n) is 5.63. The van der Waals surface area contributed by atoms with Crippen molar-refractivity contribution in [3.8, 4) is 0 Å². The van der Waals surface area contributed by atoms with E-state index in [1.54, 1.807) is 0 Å². The summed E-state index contributed by atoms with van der Waals surface area (Å²) in [6.45, 7) is 5.66. The third-order valence-electron chi connectivity index (χ3n) is 4.64. The highest BCUT2D eigenvalue weighted by molar-refractivity contribution is 5.13. The molecule has 2 aliphatic rings. The molecule has 1 aromatic heterocycles. The lowest BCUT2D eigenvalue weighted by Gasteiger charge is -2.61. The lowest BCUT2D eigenvalue weighted by atomic mass is 9.51. The van der Waals surface area contributed by atoms with Crippen molar-refractivity contribution in [2.75, 3.05) is 6.61 Å². The molecule has 3 rings (SSSR count). The molecular weight excluding hydrogens is 228 g/mol. The van der Waals surface area contributed by atoms with Crippen LogP contribution in [-0.4, -0.2) is 23.9 Å². The van der Waals surface area contributed by atoms with Crippen LogP contribution in [0, 0.1) is 12.3 Å². The van der Waals surface area contributed by atoms with E-state index in [9.17, 15) is 0 Å². The van der Waals surface area contributed by atoms with Crippen molar-refractivity contribution >= 4 is 0 Å². The Hall–Kier alpha value is -0.870. The Morgan fingerprint density at radius 2 is 2.39 bits per heavy atom. The number of aryl methyl sites for hydroxylation is 1. The molecule has 4 heteroatoms. The maximum atomic E-state index is 5.85. The van der Waals surface area contributed by atoms with Crippen LogP contribution in [0.1, 0.15) is 44.1 Å². The van der Waals surface area contributed by atoms with Gasteiger partial charge in [-0.25, -0.2) is 0 Å². The van der Waals surface area contributed by atoms with Crippen molar-refractivity contribution in [2.24, 2.45) is 5.41 Å². The van der Waals surface area contributed by atoms with Crippen LogP contribution in [-0.2, 0) is 11.3 Å². The van der Waals surface area contributed by atoms with Crippen molar-refractivity contribution < 1.29 is 9.26 Å². The maximum absolute atomic E-state index is 5.85. The first-order valence-electron chi connectivity index (χ1n) is 7.02. The average Bonchev–Trinajstić information content (AvgIpc) is 2.66. The van der Waals surface area contributed by atoms with E-state index >= 15 is 0 Å². The molecule has 1 heterocycles. The number of nitrogens with one attached hydrogen (secondary N) is 1. The Morgan fingerprint density at radius 3 is 2.94 bits per heavy atom. The van der Waals surface area contributed by atoms with E-state index < -0.39 is 0 Å². The number of ether oxygens (including phenoxy) is 1. The van der Waals surface area contributed by atoms with E-state index in [2.05, 4.69) is 17.4 Å². The molecule has 1 aromatic rings. The zero-order valence-electron chi connectivity index (χ0n) is 11.2. The molecule has 2 saturated carbocycles. The third kappa shape index (κ3) is 1.88. The molecule has 2 fully saturated rings. The first-order valence-corrected chi connectivity index (χ1v) is 7.02. The van der Waals surface area contributed by atoms with E-state index in [0.29, 0.717) is 17.6 Å². The van der Waals surface area contributed by atoms with Crippen molar-refractivity contribution in [1.82, 2.24) is 10.5 Å². The molecule has 0 bridgehead atoms. The summed E-state index contributed by atoms with van der Waals surface area (Å²) in [4.78, 5) is 0. The van der Waals surface area contributed by atoms with Gasteiger partial charge in [-0.1, -0.05) is 11.6 Å². The average molecular weight is 250 g/mol. The number of hydrogen-bond donors (Lipinski definition) is 1. The quantitative estimate of drug-likeness (QED) is 0.872. The van der Waals surface area contributed by atoms with Crippen LogP contribution in [0.25, 0.3) is 0 Å². The van der Waals surface area contributed by atoms with E-state index in [-0.39, 0.29) is 0 Å². The molecule has 2 unspecified atom stereocenters. The molecule has 0 aromatic carbocycles. The van der Waals surface area contributed by atoms with Crippen LogP contribution < -0.4 is 5.32 Å². The van der Waals surface area contributed by atoms with E-state index in [1.165, 1.54) is 19.3 Å². The molecular formula is C14H22N2O2. The molecule has 2 aliphatic carbocycles. The molecule has 1 spiro atoms. The van der Waals surface area contributed by atoms with Gasteiger partial charge in [0.15, 0.2) is 0 Å². The van der Waals surface area contributed by atoms with Crippen LogP contribution >= 0.6 is 0 Å². The summed E-state index contributed by atoms with van der Waals surface area (Å²) in [5.41, 5.74) is 1.43. The van der Waals surface area contributed by atoms with Crippen molar-refractivity contribution in [3.63, 3.8) is 0 Å². The Labute approximate surface area is 108 Å². The molecule has 2 atom stereocenters. The number of hydrogen-bond acceptors (Lipinski definition) is 4. The Morgan fingerprint density at radius 1 is 1.56 bits per heavy atom. The first kappa shape index (κ1) is 12.2. The molecule has 100 valence electrons. The minimum atomic E-state index is 0.425. The molecule has 4 nitrogen and oxygen atoms in total. The number of nitrogens with zero attached hydrogens (tertiary/aromatic N) is 1. The summed E-state index contributed by atoms with van der Waals surface area (Å²) in [7, 11) is 0. The molecule has 0 radical (unpaired) electrons. The molecule has 0 amide bonds. The van der Waals surface area contributed by atoms with Gasteiger partial charge in [0.25, 0.3) is 0 Å². The summed E-state index contributed by atoms with van der Waals surface area (Å²) in [5.74, 6) is 0.881. The summed E-state index contributed by atoms with van der Waals surface area (Å²) in [5, 5.41) is 7.65. The molecule has 1 N–H and O–H groups in total. The lowest BCUT2D eigenvalue weighted by Crippen LogP contribution is -2.66. The predicted molar refractivity (Wildman–Crippen MR) is 68.2 cm³/mol. The van der Waals surface area contributed by atoms with E-state index in [0.717, 1.165) is 31.0 Å². The Kier molecular flexibility index (Phi) is 3.16. The fourth-order valence-electron chi connectivity index (χ4n) is 3.45. The topological polar surface area (TPSA) is 47.3 Å². The Balaban J connectivity index is 1.55. The van der Waals surface area contributed by atoms with Gasteiger partial charge in [0.2, 0.25) is 0 Å². The molecule has 0 aliphatic heterocycles. The van der Waals surface area contributed by atoms with Crippen molar-refractivity contribution in [1.29, 1.82) is 0 Å². The van der Waals surface area contributed by atoms with Gasteiger partial charge in [-0.05, 0) is 33.1 Å². The summed E-state index contributed by atoms with van der Waals surface area (Å²) in [6, 6.07) is 2.60. The van der Waals surface area contributed by atoms with Gasteiger partial charge >= 0.3 is 0 Å². The smallest absolute Gasteiger partial charge is 0.133 e. The van der Waals surface area contributed by atoms with Crippen LogP contribution in [0.2, 0.25) is 0 Å². The van der Waals surface area contributed by atoms with Gasteiger partial charge in [0.1, 0.15) is 5.76 Å². The van der Waals surface area contributed by atoms with Gasteiger partial charge in [-0.3, -0.25) is 0 Å². The fraction of sp³-hybridized carbons (Fsp3) is 0.786. The van der Waals surface area contributed by atoms with E-state index in [4.69, 9.17) is 9.26 Å². The van der Waals surface area contributed by atoms with Gasteiger partial charge in [-0.2, -0.15) is 0 Å². The summed E-state index contributed by atoms with van der Waals surface area (Å²) in [6.07, 6.45) is 5.60. The van der Waals surface area contributed by atoms with Gasteiger partial charge < -0.3 is 14.6 Å². The van der Waals surface area contributed by atoms with Crippen molar-refractivity contribution in [2.45, 2.75) is 58.2 Å². The van der Waals surface area contributed by atoms with Crippen LogP contribution in [0.4, 0.5) is 0 Å². The standard InChI is InChI=1S/C14H22N2O2/c1-3-17-13-8-12(14(13)5-4-6-14)15-9-11-7-10(2)18-16-11/h7,12-13,15H,3-6,8-9H2,1-2H3. The fourth-order valence-corrected chi connectivity index (χ4v) is 3.45. The van der Waals surface area contributed by atoms with E-state index in [1.807, 2.05) is 13.0 Å². The second kappa shape index (κ2) is 4.67. The Bertz CT molecular complexity index is 412. The van der Waals surface area contributed by atoms with Crippen molar-refractivity contribution in [3.05, 3.63) is 17.5 Å².